The molecule has 6 heteroatoms. The van der Waals surface area contributed by atoms with E-state index in [0.29, 0.717) is 36.8 Å². The minimum atomic E-state index is -3.43. The fourth-order valence-corrected chi connectivity index (χ4v) is 3.59. The van der Waals surface area contributed by atoms with Gasteiger partial charge < -0.3 is 9.84 Å². The highest BCUT2D eigenvalue weighted by molar-refractivity contribution is 7.89. The molecule has 0 unspecified atom stereocenters. The van der Waals surface area contributed by atoms with Gasteiger partial charge in [-0.15, -0.1) is 0 Å². The zero-order valence-electron chi connectivity index (χ0n) is 12.8. The molecule has 0 heterocycles. The van der Waals surface area contributed by atoms with Crippen molar-refractivity contribution in [3.63, 3.8) is 0 Å². The third kappa shape index (κ3) is 5.30. The highest BCUT2D eigenvalue weighted by Gasteiger charge is 2.22. The molecule has 0 fully saturated rings. The third-order valence-corrected chi connectivity index (χ3v) is 4.89. The molecule has 1 rings (SSSR count). The van der Waals surface area contributed by atoms with Gasteiger partial charge in [-0.05, 0) is 37.1 Å². The van der Waals surface area contributed by atoms with Crippen molar-refractivity contribution in [2.75, 3.05) is 26.3 Å². The van der Waals surface area contributed by atoms with Crippen LogP contribution in [-0.2, 0) is 10.0 Å². The van der Waals surface area contributed by atoms with Gasteiger partial charge in [0.05, 0.1) is 11.5 Å². The van der Waals surface area contributed by atoms with Crippen LogP contribution in [0.25, 0.3) is 0 Å². The number of benzene rings is 1. The Balaban J connectivity index is 2.82. The van der Waals surface area contributed by atoms with E-state index in [-0.39, 0.29) is 6.61 Å². The van der Waals surface area contributed by atoms with Crippen LogP contribution in [0.15, 0.2) is 29.2 Å². The summed E-state index contributed by atoms with van der Waals surface area (Å²) in [6, 6.07) is 6.45. The molecule has 0 bridgehead atoms. The minimum absolute atomic E-state index is 0.0788. The van der Waals surface area contributed by atoms with Crippen molar-refractivity contribution < 1.29 is 18.3 Å². The molecule has 0 aromatic heterocycles. The number of nitrogens with zero attached hydrogens (tertiary/aromatic N) is 1. The van der Waals surface area contributed by atoms with Crippen LogP contribution in [-0.4, -0.2) is 44.1 Å². The predicted molar refractivity (Wildman–Crippen MR) is 83.0 cm³/mol. The molecule has 0 saturated heterocycles. The SMILES string of the molecule is CCCN(CCC)S(=O)(=O)c1ccc(OCCCO)cc1. The van der Waals surface area contributed by atoms with Crippen LogP contribution < -0.4 is 4.74 Å². The molecule has 0 spiro atoms. The van der Waals surface area contributed by atoms with Gasteiger partial charge in [0.15, 0.2) is 0 Å². The highest BCUT2D eigenvalue weighted by atomic mass is 32.2. The lowest BCUT2D eigenvalue weighted by Gasteiger charge is -2.21. The molecule has 1 aromatic carbocycles. The van der Waals surface area contributed by atoms with Crippen LogP contribution in [0.2, 0.25) is 0 Å². The molecule has 0 radical (unpaired) electrons. The summed E-state index contributed by atoms with van der Waals surface area (Å²) in [5.41, 5.74) is 0. The van der Waals surface area contributed by atoms with Crippen molar-refractivity contribution in [1.82, 2.24) is 4.31 Å². The Morgan fingerprint density at radius 2 is 1.67 bits per heavy atom. The first-order chi connectivity index (χ1) is 10.1. The fourth-order valence-electron chi connectivity index (χ4n) is 1.96. The van der Waals surface area contributed by atoms with Gasteiger partial charge in [0.25, 0.3) is 0 Å². The molecule has 0 amide bonds. The largest absolute Gasteiger partial charge is 0.494 e. The van der Waals surface area contributed by atoms with E-state index in [1.54, 1.807) is 24.3 Å². The van der Waals surface area contributed by atoms with Gasteiger partial charge in [-0.3, -0.25) is 0 Å². The van der Waals surface area contributed by atoms with Crippen LogP contribution in [0, 0.1) is 0 Å². The summed E-state index contributed by atoms with van der Waals surface area (Å²) < 4.78 is 32.0. The first-order valence-corrected chi connectivity index (χ1v) is 8.84. The van der Waals surface area contributed by atoms with Gasteiger partial charge in [-0.2, -0.15) is 4.31 Å². The van der Waals surface area contributed by atoms with Crippen molar-refractivity contribution >= 4 is 10.0 Å². The van der Waals surface area contributed by atoms with Crippen LogP contribution in [0.4, 0.5) is 0 Å². The second kappa shape index (κ2) is 9.02. The van der Waals surface area contributed by atoms with Gasteiger partial charge in [0.1, 0.15) is 5.75 Å². The normalized spacial score (nSPS) is 11.8. The second-order valence-electron chi connectivity index (χ2n) is 4.80. The van der Waals surface area contributed by atoms with E-state index in [9.17, 15) is 8.42 Å². The van der Waals surface area contributed by atoms with E-state index in [0.717, 1.165) is 12.8 Å². The van der Waals surface area contributed by atoms with Crippen molar-refractivity contribution in [3.05, 3.63) is 24.3 Å². The molecular weight excluding hydrogens is 290 g/mol. The fraction of sp³-hybridized carbons (Fsp3) is 0.600. The summed E-state index contributed by atoms with van der Waals surface area (Å²) in [5, 5.41) is 8.69. The molecule has 0 aliphatic rings. The summed E-state index contributed by atoms with van der Waals surface area (Å²) in [4.78, 5) is 0.291. The summed E-state index contributed by atoms with van der Waals surface area (Å²) >= 11 is 0. The molecule has 120 valence electrons. The zero-order valence-corrected chi connectivity index (χ0v) is 13.6. The lowest BCUT2D eigenvalue weighted by molar-refractivity contribution is 0.233. The molecule has 0 saturated carbocycles. The van der Waals surface area contributed by atoms with Crippen LogP contribution in [0.3, 0.4) is 0 Å². The number of sulfonamides is 1. The van der Waals surface area contributed by atoms with Gasteiger partial charge in [-0.1, -0.05) is 13.8 Å². The van der Waals surface area contributed by atoms with E-state index in [1.165, 1.54) is 4.31 Å². The number of hydrogen-bond acceptors (Lipinski definition) is 4. The molecule has 0 atom stereocenters. The maximum atomic E-state index is 12.5. The minimum Gasteiger partial charge on any atom is -0.494 e. The number of rotatable bonds is 10. The Kier molecular flexibility index (Phi) is 7.71. The average Bonchev–Trinajstić information content (AvgIpc) is 2.48. The van der Waals surface area contributed by atoms with Crippen molar-refractivity contribution in [2.45, 2.75) is 38.0 Å². The Hall–Kier alpha value is -1.11. The molecule has 5 nitrogen and oxygen atoms in total. The first-order valence-electron chi connectivity index (χ1n) is 7.40. The summed E-state index contributed by atoms with van der Waals surface area (Å²) in [5.74, 6) is 0.611. The van der Waals surface area contributed by atoms with Crippen molar-refractivity contribution in [3.8, 4) is 5.75 Å². The molecule has 21 heavy (non-hydrogen) atoms. The standard InChI is InChI=1S/C15H25NO4S/c1-3-10-16(11-4-2)21(18,19)15-8-6-14(7-9-15)20-13-5-12-17/h6-9,17H,3-5,10-13H2,1-2H3. The van der Waals surface area contributed by atoms with Gasteiger partial charge >= 0.3 is 0 Å². The maximum absolute atomic E-state index is 12.5. The van der Waals surface area contributed by atoms with Crippen LogP contribution in [0.1, 0.15) is 33.1 Å². The number of hydrogen-bond donors (Lipinski definition) is 1. The smallest absolute Gasteiger partial charge is 0.243 e. The molecular formula is C15H25NO4S. The molecule has 1 N–H and O–H groups in total. The Labute approximate surface area is 127 Å². The first kappa shape index (κ1) is 17.9. The molecule has 1 aromatic rings. The van der Waals surface area contributed by atoms with E-state index in [2.05, 4.69) is 0 Å². The Morgan fingerprint density at radius 1 is 1.10 bits per heavy atom. The summed E-state index contributed by atoms with van der Waals surface area (Å²) in [6.45, 7) is 5.50. The van der Waals surface area contributed by atoms with Crippen molar-refractivity contribution in [2.24, 2.45) is 0 Å². The van der Waals surface area contributed by atoms with Gasteiger partial charge in [-0.25, -0.2) is 8.42 Å². The van der Waals surface area contributed by atoms with E-state index < -0.39 is 10.0 Å². The number of aliphatic hydroxyl groups excluding tert-OH is 1. The average molecular weight is 315 g/mol. The zero-order chi connectivity index (χ0) is 15.7. The van der Waals surface area contributed by atoms with Gasteiger partial charge in [0, 0.05) is 26.1 Å². The summed E-state index contributed by atoms with van der Waals surface area (Å²) in [6.07, 6.45) is 2.14. The van der Waals surface area contributed by atoms with Gasteiger partial charge in [0.2, 0.25) is 10.0 Å². The quantitative estimate of drug-likeness (QED) is 0.673. The number of aliphatic hydroxyl groups is 1. The Bertz CT molecular complexity index is 493. The van der Waals surface area contributed by atoms with E-state index in [4.69, 9.17) is 9.84 Å². The van der Waals surface area contributed by atoms with Crippen LogP contribution in [0.5, 0.6) is 5.75 Å². The third-order valence-electron chi connectivity index (χ3n) is 2.98. The van der Waals surface area contributed by atoms with E-state index >= 15 is 0 Å². The molecule has 0 aliphatic heterocycles. The monoisotopic (exact) mass is 315 g/mol. The van der Waals surface area contributed by atoms with Crippen LogP contribution >= 0.6 is 0 Å². The summed E-state index contributed by atoms with van der Waals surface area (Å²) in [7, 11) is -3.43. The second-order valence-corrected chi connectivity index (χ2v) is 6.74. The van der Waals surface area contributed by atoms with E-state index in [1.807, 2.05) is 13.8 Å². The Morgan fingerprint density at radius 3 is 2.14 bits per heavy atom. The highest BCUT2D eigenvalue weighted by Crippen LogP contribution is 2.20. The lowest BCUT2D eigenvalue weighted by Crippen LogP contribution is -2.32. The lowest BCUT2D eigenvalue weighted by atomic mass is 10.3. The predicted octanol–water partition coefficient (Wildman–Crippen LogP) is 2.26. The number of ether oxygens (including phenoxy) is 1. The topological polar surface area (TPSA) is 66.8 Å². The molecule has 0 aliphatic carbocycles. The maximum Gasteiger partial charge on any atom is 0.243 e. The van der Waals surface area contributed by atoms with Crippen molar-refractivity contribution in [1.29, 1.82) is 0 Å².